The molecule has 4 nitrogen and oxygen atoms in total. The number of nitriles is 1. The number of Topliss-reactive ketones (excluding diaryl/α,β-unsaturated/α-hetero) is 1. The molecule has 1 aliphatic rings. The molecule has 120 valence electrons. The second kappa shape index (κ2) is 7.10. The Morgan fingerprint density at radius 3 is 2.58 bits per heavy atom. The predicted octanol–water partition coefficient (Wildman–Crippen LogP) is 3.44. The summed E-state index contributed by atoms with van der Waals surface area (Å²) in [5.41, 5.74) is 1.66. The highest BCUT2D eigenvalue weighted by Crippen LogP contribution is 2.24. The SMILES string of the molecule is N#Cc1cccc(C(=O)N2CCCC2CC(=O)c2ccccc2)c1. The number of carbonyl (C=O) groups is 2. The van der Waals surface area contributed by atoms with E-state index in [-0.39, 0.29) is 17.7 Å². The van der Waals surface area contributed by atoms with Gasteiger partial charge in [-0.2, -0.15) is 5.26 Å². The molecule has 4 heteroatoms. The van der Waals surface area contributed by atoms with Gasteiger partial charge >= 0.3 is 0 Å². The molecular weight excluding hydrogens is 300 g/mol. The number of hydrogen-bond donors (Lipinski definition) is 0. The molecule has 0 saturated carbocycles. The van der Waals surface area contributed by atoms with E-state index >= 15 is 0 Å². The van der Waals surface area contributed by atoms with Crippen LogP contribution >= 0.6 is 0 Å². The molecule has 0 aliphatic carbocycles. The van der Waals surface area contributed by atoms with Crippen LogP contribution in [0.4, 0.5) is 0 Å². The minimum atomic E-state index is -0.101. The lowest BCUT2D eigenvalue weighted by molar-refractivity contribution is 0.0717. The first-order chi connectivity index (χ1) is 11.7. The van der Waals surface area contributed by atoms with E-state index in [1.54, 1.807) is 41.3 Å². The number of hydrogen-bond acceptors (Lipinski definition) is 3. The second-order valence-electron chi connectivity index (χ2n) is 5.98. The zero-order chi connectivity index (χ0) is 16.9. The van der Waals surface area contributed by atoms with E-state index in [0.29, 0.717) is 29.7 Å². The predicted molar refractivity (Wildman–Crippen MR) is 90.6 cm³/mol. The third-order valence-corrected chi connectivity index (χ3v) is 4.39. The van der Waals surface area contributed by atoms with Gasteiger partial charge in [-0.25, -0.2) is 0 Å². The lowest BCUT2D eigenvalue weighted by atomic mass is 10.0. The van der Waals surface area contributed by atoms with Crippen molar-refractivity contribution in [2.75, 3.05) is 6.54 Å². The Labute approximate surface area is 141 Å². The minimum absolute atomic E-state index is 0.0612. The topological polar surface area (TPSA) is 61.2 Å². The monoisotopic (exact) mass is 318 g/mol. The Morgan fingerprint density at radius 2 is 1.83 bits per heavy atom. The zero-order valence-corrected chi connectivity index (χ0v) is 13.3. The average Bonchev–Trinajstić information content (AvgIpc) is 3.10. The van der Waals surface area contributed by atoms with Gasteiger partial charge in [-0.15, -0.1) is 0 Å². The molecule has 24 heavy (non-hydrogen) atoms. The maximum atomic E-state index is 12.7. The van der Waals surface area contributed by atoms with E-state index in [9.17, 15) is 9.59 Å². The highest BCUT2D eigenvalue weighted by Gasteiger charge is 2.31. The molecule has 1 amide bonds. The Hall–Kier alpha value is -2.93. The number of rotatable bonds is 4. The summed E-state index contributed by atoms with van der Waals surface area (Å²) in [4.78, 5) is 26.9. The fraction of sp³-hybridized carbons (Fsp3) is 0.250. The van der Waals surface area contributed by atoms with E-state index < -0.39 is 0 Å². The van der Waals surface area contributed by atoms with Crippen LogP contribution in [0.2, 0.25) is 0 Å². The summed E-state index contributed by atoms with van der Waals surface area (Å²) in [6.07, 6.45) is 2.08. The van der Waals surface area contributed by atoms with Crippen LogP contribution in [0.25, 0.3) is 0 Å². The first-order valence-electron chi connectivity index (χ1n) is 8.08. The lowest BCUT2D eigenvalue weighted by Crippen LogP contribution is -2.36. The van der Waals surface area contributed by atoms with Gasteiger partial charge in [-0.1, -0.05) is 36.4 Å². The molecule has 2 aromatic carbocycles. The summed E-state index contributed by atoms with van der Waals surface area (Å²) in [6, 6.07) is 17.9. The van der Waals surface area contributed by atoms with Gasteiger partial charge in [-0.3, -0.25) is 9.59 Å². The highest BCUT2D eigenvalue weighted by molar-refractivity contribution is 5.98. The molecule has 1 fully saturated rings. The van der Waals surface area contributed by atoms with Crippen LogP contribution in [0, 0.1) is 11.3 Å². The third kappa shape index (κ3) is 3.36. The number of amides is 1. The van der Waals surface area contributed by atoms with Gasteiger partial charge in [0.2, 0.25) is 0 Å². The van der Waals surface area contributed by atoms with Gasteiger partial charge in [0.1, 0.15) is 0 Å². The van der Waals surface area contributed by atoms with Crippen molar-refractivity contribution in [1.29, 1.82) is 5.26 Å². The quantitative estimate of drug-likeness (QED) is 0.811. The van der Waals surface area contributed by atoms with Gasteiger partial charge < -0.3 is 4.90 Å². The van der Waals surface area contributed by atoms with Gasteiger partial charge in [0.15, 0.2) is 5.78 Å². The summed E-state index contributed by atoms with van der Waals surface area (Å²) in [5, 5.41) is 8.99. The number of benzene rings is 2. The maximum Gasteiger partial charge on any atom is 0.254 e. The van der Waals surface area contributed by atoms with Crippen LogP contribution < -0.4 is 0 Å². The first-order valence-corrected chi connectivity index (χ1v) is 8.08. The molecule has 1 unspecified atom stereocenters. The average molecular weight is 318 g/mol. The Morgan fingerprint density at radius 1 is 1.08 bits per heavy atom. The van der Waals surface area contributed by atoms with Crippen molar-refractivity contribution in [3.63, 3.8) is 0 Å². The molecular formula is C20H18N2O2. The molecule has 0 spiro atoms. The molecule has 2 aromatic rings. The lowest BCUT2D eigenvalue weighted by Gasteiger charge is -2.24. The molecule has 0 aromatic heterocycles. The number of ketones is 1. The van der Waals surface area contributed by atoms with Crippen molar-refractivity contribution in [3.05, 3.63) is 71.3 Å². The van der Waals surface area contributed by atoms with Crippen LogP contribution in [0.15, 0.2) is 54.6 Å². The fourth-order valence-electron chi connectivity index (χ4n) is 3.16. The normalized spacial score (nSPS) is 16.6. The summed E-state index contributed by atoms with van der Waals surface area (Å²) in [6.45, 7) is 0.655. The van der Waals surface area contributed by atoms with E-state index in [4.69, 9.17) is 5.26 Å². The molecule has 0 radical (unpaired) electrons. The van der Waals surface area contributed by atoms with Crippen molar-refractivity contribution in [1.82, 2.24) is 4.90 Å². The molecule has 1 heterocycles. The van der Waals surface area contributed by atoms with E-state index in [1.165, 1.54) is 0 Å². The molecule has 1 saturated heterocycles. The van der Waals surface area contributed by atoms with Crippen LogP contribution in [0.5, 0.6) is 0 Å². The highest BCUT2D eigenvalue weighted by atomic mass is 16.2. The number of likely N-dealkylation sites (tertiary alicyclic amines) is 1. The fourth-order valence-corrected chi connectivity index (χ4v) is 3.16. The first kappa shape index (κ1) is 15.9. The molecule has 0 N–H and O–H groups in total. The largest absolute Gasteiger partial charge is 0.335 e. The number of nitrogens with zero attached hydrogens (tertiary/aromatic N) is 2. The minimum Gasteiger partial charge on any atom is -0.335 e. The Balaban J connectivity index is 1.74. The molecule has 0 bridgehead atoms. The van der Waals surface area contributed by atoms with Crippen LogP contribution in [0.3, 0.4) is 0 Å². The van der Waals surface area contributed by atoms with Gasteiger partial charge in [0.05, 0.1) is 11.6 Å². The Kier molecular flexibility index (Phi) is 4.72. The van der Waals surface area contributed by atoms with Gasteiger partial charge in [0.25, 0.3) is 5.91 Å². The van der Waals surface area contributed by atoms with Crippen molar-refractivity contribution in [2.45, 2.75) is 25.3 Å². The van der Waals surface area contributed by atoms with Crippen molar-refractivity contribution in [3.8, 4) is 6.07 Å². The molecule has 1 atom stereocenters. The van der Waals surface area contributed by atoms with Crippen LogP contribution in [-0.4, -0.2) is 29.2 Å². The molecule has 1 aliphatic heterocycles. The van der Waals surface area contributed by atoms with Gasteiger partial charge in [-0.05, 0) is 31.0 Å². The third-order valence-electron chi connectivity index (χ3n) is 4.39. The smallest absolute Gasteiger partial charge is 0.254 e. The van der Waals surface area contributed by atoms with Crippen LogP contribution in [-0.2, 0) is 0 Å². The zero-order valence-electron chi connectivity index (χ0n) is 13.3. The summed E-state index contributed by atoms with van der Waals surface area (Å²) in [7, 11) is 0. The van der Waals surface area contributed by atoms with Crippen molar-refractivity contribution < 1.29 is 9.59 Å². The summed E-state index contributed by atoms with van der Waals surface area (Å²) < 4.78 is 0. The van der Waals surface area contributed by atoms with Crippen molar-refractivity contribution >= 4 is 11.7 Å². The second-order valence-corrected chi connectivity index (χ2v) is 5.98. The van der Waals surface area contributed by atoms with E-state index in [0.717, 1.165) is 12.8 Å². The number of carbonyl (C=O) groups excluding carboxylic acids is 2. The van der Waals surface area contributed by atoms with Crippen molar-refractivity contribution in [2.24, 2.45) is 0 Å². The summed E-state index contributed by atoms with van der Waals surface area (Å²) >= 11 is 0. The maximum absolute atomic E-state index is 12.7. The molecule has 3 rings (SSSR count). The Bertz CT molecular complexity index is 793. The van der Waals surface area contributed by atoms with Crippen LogP contribution in [0.1, 0.15) is 45.5 Å². The van der Waals surface area contributed by atoms with Gasteiger partial charge in [0, 0.05) is 30.1 Å². The summed E-state index contributed by atoms with van der Waals surface area (Å²) in [5.74, 6) is -0.0402. The standard InChI is InChI=1S/C20H18N2O2/c21-14-15-6-4-9-17(12-15)20(24)22-11-5-10-18(22)13-19(23)16-7-2-1-3-8-16/h1-4,6-9,12,18H,5,10-11,13H2. The van der Waals surface area contributed by atoms with E-state index in [2.05, 4.69) is 6.07 Å². The van der Waals surface area contributed by atoms with E-state index in [1.807, 2.05) is 18.2 Å².